The van der Waals surface area contributed by atoms with Crippen LogP contribution in [0.5, 0.6) is 0 Å². The summed E-state index contributed by atoms with van der Waals surface area (Å²) in [5, 5.41) is 5.42. The molecule has 3 aromatic rings. The summed E-state index contributed by atoms with van der Waals surface area (Å²) >= 11 is 0. The fourth-order valence-corrected chi connectivity index (χ4v) is 2.24. The van der Waals surface area contributed by atoms with Gasteiger partial charge >= 0.3 is 0 Å². The quantitative estimate of drug-likeness (QED) is 0.672. The lowest BCUT2D eigenvalue weighted by Crippen LogP contribution is -2.34. The van der Waals surface area contributed by atoms with Gasteiger partial charge in [-0.2, -0.15) is 0 Å². The van der Waals surface area contributed by atoms with Gasteiger partial charge in [-0.25, -0.2) is 0 Å². The average molecular weight is 347 g/mol. The predicted octanol–water partition coefficient (Wildman–Crippen LogP) is 2.76. The molecule has 2 aromatic heterocycles. The van der Waals surface area contributed by atoms with E-state index >= 15 is 0 Å². The predicted molar refractivity (Wildman–Crippen MR) is 96.7 cm³/mol. The molecule has 0 unspecified atom stereocenters. The summed E-state index contributed by atoms with van der Waals surface area (Å²) in [4.78, 5) is 28.9. The molecule has 2 amide bonds. The van der Waals surface area contributed by atoms with Crippen molar-refractivity contribution < 1.29 is 14.0 Å². The Morgan fingerprint density at radius 2 is 1.77 bits per heavy atom. The van der Waals surface area contributed by atoms with Crippen molar-refractivity contribution in [2.24, 2.45) is 0 Å². The minimum absolute atomic E-state index is 0.0999. The van der Waals surface area contributed by atoms with Gasteiger partial charge in [-0.3, -0.25) is 14.6 Å². The number of amides is 2. The third kappa shape index (κ3) is 4.67. The smallest absolute Gasteiger partial charge is 0.268 e. The van der Waals surface area contributed by atoms with Gasteiger partial charge in [0.1, 0.15) is 11.5 Å². The normalized spacial score (nSPS) is 11.0. The fourth-order valence-electron chi connectivity index (χ4n) is 2.24. The number of carbonyl (C=O) groups excluding carboxylic acids is 2. The number of hydrogen-bond acceptors (Lipinski definition) is 4. The van der Waals surface area contributed by atoms with E-state index in [-0.39, 0.29) is 11.6 Å². The lowest BCUT2D eigenvalue weighted by atomic mass is 10.2. The van der Waals surface area contributed by atoms with E-state index in [0.29, 0.717) is 17.9 Å². The highest BCUT2D eigenvalue weighted by atomic mass is 16.3. The third-order valence-electron chi connectivity index (χ3n) is 3.56. The van der Waals surface area contributed by atoms with Crippen molar-refractivity contribution in [2.75, 3.05) is 0 Å². The van der Waals surface area contributed by atoms with E-state index in [1.54, 1.807) is 60.9 Å². The molecule has 2 heterocycles. The van der Waals surface area contributed by atoms with E-state index in [1.165, 1.54) is 12.3 Å². The Morgan fingerprint density at radius 1 is 1.00 bits per heavy atom. The zero-order valence-corrected chi connectivity index (χ0v) is 13.9. The Morgan fingerprint density at radius 3 is 2.46 bits per heavy atom. The monoisotopic (exact) mass is 347 g/mol. The lowest BCUT2D eigenvalue weighted by molar-refractivity contribution is -0.117. The second-order valence-corrected chi connectivity index (χ2v) is 5.43. The van der Waals surface area contributed by atoms with Crippen LogP contribution in [-0.4, -0.2) is 16.8 Å². The van der Waals surface area contributed by atoms with Gasteiger partial charge in [0.15, 0.2) is 0 Å². The maximum absolute atomic E-state index is 12.6. The van der Waals surface area contributed by atoms with Crippen molar-refractivity contribution >= 4 is 17.9 Å². The second kappa shape index (κ2) is 8.43. The molecule has 6 nitrogen and oxygen atoms in total. The Hall–Kier alpha value is -3.67. The zero-order valence-electron chi connectivity index (χ0n) is 13.9. The van der Waals surface area contributed by atoms with E-state index < -0.39 is 5.91 Å². The van der Waals surface area contributed by atoms with Crippen LogP contribution in [0.4, 0.5) is 0 Å². The SMILES string of the molecule is O=C(NCc1ccncc1)C(=Cc1ccco1)NC(=O)c1ccccc1. The first kappa shape index (κ1) is 17.2. The molecule has 0 aliphatic carbocycles. The van der Waals surface area contributed by atoms with Crippen molar-refractivity contribution in [2.45, 2.75) is 6.54 Å². The summed E-state index contributed by atoms with van der Waals surface area (Å²) in [5.41, 5.74) is 1.46. The Kier molecular flexibility index (Phi) is 5.57. The van der Waals surface area contributed by atoms with Crippen molar-refractivity contribution in [1.82, 2.24) is 15.6 Å². The summed E-state index contributed by atoms with van der Waals surface area (Å²) in [6.07, 6.45) is 6.29. The van der Waals surface area contributed by atoms with Gasteiger partial charge in [0.25, 0.3) is 11.8 Å². The molecule has 26 heavy (non-hydrogen) atoms. The zero-order chi connectivity index (χ0) is 18.2. The Labute approximate surface area is 150 Å². The molecule has 6 heteroatoms. The number of nitrogens with one attached hydrogen (secondary N) is 2. The average Bonchev–Trinajstić information content (AvgIpc) is 3.20. The molecule has 1 aromatic carbocycles. The minimum atomic E-state index is -0.414. The molecule has 130 valence electrons. The summed E-state index contributed by atoms with van der Waals surface area (Å²) in [6.45, 7) is 0.318. The van der Waals surface area contributed by atoms with Crippen LogP contribution >= 0.6 is 0 Å². The van der Waals surface area contributed by atoms with Crippen LogP contribution in [0.2, 0.25) is 0 Å². The van der Waals surface area contributed by atoms with Crippen LogP contribution in [-0.2, 0) is 11.3 Å². The number of rotatable bonds is 6. The molecular weight excluding hydrogens is 330 g/mol. The molecule has 0 bridgehead atoms. The highest BCUT2D eigenvalue weighted by Crippen LogP contribution is 2.08. The van der Waals surface area contributed by atoms with Crippen molar-refractivity contribution in [3.8, 4) is 0 Å². The van der Waals surface area contributed by atoms with Crippen LogP contribution in [0.1, 0.15) is 21.7 Å². The first-order valence-corrected chi connectivity index (χ1v) is 8.01. The lowest BCUT2D eigenvalue weighted by Gasteiger charge is -2.11. The first-order chi connectivity index (χ1) is 12.7. The number of aromatic nitrogens is 1. The molecule has 0 saturated heterocycles. The van der Waals surface area contributed by atoms with Crippen molar-refractivity contribution in [3.05, 3.63) is 95.8 Å². The molecule has 0 radical (unpaired) electrons. The van der Waals surface area contributed by atoms with Gasteiger partial charge < -0.3 is 15.1 Å². The third-order valence-corrected chi connectivity index (χ3v) is 3.56. The van der Waals surface area contributed by atoms with E-state index in [9.17, 15) is 9.59 Å². The van der Waals surface area contributed by atoms with E-state index in [4.69, 9.17) is 4.42 Å². The van der Waals surface area contributed by atoms with Crippen LogP contribution in [0, 0.1) is 0 Å². The Balaban J connectivity index is 1.75. The van der Waals surface area contributed by atoms with Crippen LogP contribution in [0.3, 0.4) is 0 Å². The number of carbonyl (C=O) groups is 2. The molecule has 0 fully saturated rings. The van der Waals surface area contributed by atoms with Crippen molar-refractivity contribution in [3.63, 3.8) is 0 Å². The van der Waals surface area contributed by atoms with E-state index in [1.807, 2.05) is 6.07 Å². The number of hydrogen-bond donors (Lipinski definition) is 2. The molecule has 0 spiro atoms. The van der Waals surface area contributed by atoms with Gasteiger partial charge in [-0.1, -0.05) is 18.2 Å². The molecular formula is C20H17N3O3. The van der Waals surface area contributed by atoms with Crippen LogP contribution in [0.15, 0.2) is 83.4 Å². The summed E-state index contributed by atoms with van der Waals surface area (Å²) < 4.78 is 5.25. The number of benzene rings is 1. The summed E-state index contributed by atoms with van der Waals surface area (Å²) in [6, 6.07) is 15.7. The maximum Gasteiger partial charge on any atom is 0.268 e. The van der Waals surface area contributed by atoms with Gasteiger partial charge in [0.2, 0.25) is 0 Å². The topological polar surface area (TPSA) is 84.2 Å². The van der Waals surface area contributed by atoms with Crippen LogP contribution in [0.25, 0.3) is 6.08 Å². The van der Waals surface area contributed by atoms with Crippen LogP contribution < -0.4 is 10.6 Å². The van der Waals surface area contributed by atoms with Crippen molar-refractivity contribution in [1.29, 1.82) is 0 Å². The molecule has 0 atom stereocenters. The second-order valence-electron chi connectivity index (χ2n) is 5.43. The standard InChI is InChI=1S/C20H17N3O3/c24-19(16-5-2-1-3-6-16)23-18(13-17-7-4-12-26-17)20(25)22-14-15-8-10-21-11-9-15/h1-13H,14H2,(H,22,25)(H,23,24). The highest BCUT2D eigenvalue weighted by molar-refractivity contribution is 6.05. The Bertz CT molecular complexity index is 889. The minimum Gasteiger partial charge on any atom is -0.465 e. The van der Waals surface area contributed by atoms with Gasteiger partial charge in [-0.05, 0) is 42.0 Å². The van der Waals surface area contributed by atoms with E-state index in [2.05, 4.69) is 15.6 Å². The maximum atomic E-state index is 12.6. The van der Waals surface area contributed by atoms with E-state index in [0.717, 1.165) is 5.56 Å². The van der Waals surface area contributed by atoms with Gasteiger partial charge in [0.05, 0.1) is 6.26 Å². The number of nitrogens with zero attached hydrogens (tertiary/aromatic N) is 1. The number of pyridine rings is 1. The van der Waals surface area contributed by atoms with Gasteiger partial charge in [0, 0.05) is 30.6 Å². The molecule has 0 aliphatic heterocycles. The summed E-state index contributed by atoms with van der Waals surface area (Å²) in [7, 11) is 0. The largest absolute Gasteiger partial charge is 0.465 e. The first-order valence-electron chi connectivity index (χ1n) is 8.01. The molecule has 3 rings (SSSR count). The summed E-state index contributed by atoms with van der Waals surface area (Å²) in [5.74, 6) is -0.322. The van der Waals surface area contributed by atoms with Gasteiger partial charge in [-0.15, -0.1) is 0 Å². The number of furan rings is 1. The molecule has 0 aliphatic rings. The highest BCUT2D eigenvalue weighted by Gasteiger charge is 2.15. The fraction of sp³-hybridized carbons (Fsp3) is 0.0500. The molecule has 0 saturated carbocycles. The molecule has 2 N–H and O–H groups in total.